The van der Waals surface area contributed by atoms with Gasteiger partial charge in [-0.25, -0.2) is 4.98 Å². The molecule has 1 aromatic rings. The summed E-state index contributed by atoms with van der Waals surface area (Å²) in [6.07, 6.45) is 4.75. The van der Waals surface area contributed by atoms with Crippen molar-refractivity contribution in [3.63, 3.8) is 0 Å². The van der Waals surface area contributed by atoms with Gasteiger partial charge in [0.1, 0.15) is 0 Å². The van der Waals surface area contributed by atoms with E-state index in [1.165, 1.54) is 35.9 Å². The normalized spacial score (nSPS) is 28.7. The minimum atomic E-state index is 0.591. The first kappa shape index (κ1) is 12.4. The molecule has 18 heavy (non-hydrogen) atoms. The molecule has 3 rings (SSSR count). The molecule has 0 amide bonds. The second-order valence-electron chi connectivity index (χ2n) is 5.43. The van der Waals surface area contributed by atoms with E-state index in [0.717, 1.165) is 19.1 Å². The van der Waals surface area contributed by atoms with Crippen LogP contribution in [0.4, 0.5) is 5.13 Å². The maximum absolute atomic E-state index is 4.61. The summed E-state index contributed by atoms with van der Waals surface area (Å²) in [7, 11) is 1.99. The fourth-order valence-electron chi connectivity index (χ4n) is 3.14. The lowest BCUT2D eigenvalue weighted by atomic mass is 10.1. The number of fused-ring (bicyclic) bond motifs is 1. The van der Waals surface area contributed by atoms with Gasteiger partial charge in [0, 0.05) is 42.8 Å². The van der Waals surface area contributed by atoms with Crippen LogP contribution in [0, 0.1) is 0 Å². The topological polar surface area (TPSA) is 31.4 Å². The maximum atomic E-state index is 4.61. The summed E-state index contributed by atoms with van der Waals surface area (Å²) in [5.74, 6) is 0. The Hall–Kier alpha value is -0.650. The standard InChI is InChI=1S/C13H22N4S/c1-10-8-16-5-3-4-11(16)9-17(10)13-15-7-12(18-13)6-14-2/h7,10-11,14H,3-6,8-9H2,1-2H3. The third-order valence-corrected chi connectivity index (χ3v) is 5.11. The predicted octanol–water partition coefficient (Wildman–Crippen LogP) is 1.54. The van der Waals surface area contributed by atoms with Crippen molar-refractivity contribution >= 4 is 16.5 Å². The number of hydrogen-bond acceptors (Lipinski definition) is 5. The molecule has 0 aromatic carbocycles. The van der Waals surface area contributed by atoms with Crippen LogP contribution in [0.3, 0.4) is 0 Å². The summed E-state index contributed by atoms with van der Waals surface area (Å²) < 4.78 is 0. The molecule has 100 valence electrons. The first-order chi connectivity index (χ1) is 8.78. The molecule has 2 unspecified atom stereocenters. The van der Waals surface area contributed by atoms with Crippen molar-refractivity contribution in [2.24, 2.45) is 0 Å². The SMILES string of the molecule is CNCc1cnc(N2CC3CCCN3CC2C)s1. The van der Waals surface area contributed by atoms with Crippen LogP contribution < -0.4 is 10.2 Å². The highest BCUT2D eigenvalue weighted by Gasteiger charge is 2.35. The summed E-state index contributed by atoms with van der Waals surface area (Å²) in [4.78, 5) is 11.1. The van der Waals surface area contributed by atoms with Gasteiger partial charge in [-0.1, -0.05) is 0 Å². The lowest BCUT2D eigenvalue weighted by Gasteiger charge is -2.42. The van der Waals surface area contributed by atoms with Crippen LogP contribution in [0.15, 0.2) is 6.20 Å². The highest BCUT2D eigenvalue weighted by Crippen LogP contribution is 2.31. The number of anilines is 1. The molecule has 4 nitrogen and oxygen atoms in total. The van der Waals surface area contributed by atoms with Gasteiger partial charge >= 0.3 is 0 Å². The van der Waals surface area contributed by atoms with E-state index >= 15 is 0 Å². The van der Waals surface area contributed by atoms with E-state index in [2.05, 4.69) is 27.0 Å². The Labute approximate surface area is 113 Å². The molecule has 2 atom stereocenters. The smallest absolute Gasteiger partial charge is 0.185 e. The van der Waals surface area contributed by atoms with E-state index in [1.807, 2.05) is 24.6 Å². The van der Waals surface area contributed by atoms with Crippen LogP contribution >= 0.6 is 11.3 Å². The Balaban J connectivity index is 1.73. The average molecular weight is 266 g/mol. The van der Waals surface area contributed by atoms with Crippen LogP contribution in [0.25, 0.3) is 0 Å². The van der Waals surface area contributed by atoms with Crippen molar-refractivity contribution in [2.75, 3.05) is 31.6 Å². The summed E-state index contributed by atoms with van der Waals surface area (Å²) >= 11 is 1.84. The zero-order valence-electron chi connectivity index (χ0n) is 11.2. The molecule has 0 aliphatic carbocycles. The first-order valence-electron chi connectivity index (χ1n) is 6.88. The third-order valence-electron chi connectivity index (χ3n) is 4.08. The molecule has 2 saturated heterocycles. The van der Waals surface area contributed by atoms with Gasteiger partial charge in [-0.2, -0.15) is 0 Å². The highest BCUT2D eigenvalue weighted by atomic mass is 32.1. The van der Waals surface area contributed by atoms with Gasteiger partial charge in [0.15, 0.2) is 5.13 Å². The first-order valence-corrected chi connectivity index (χ1v) is 7.69. The van der Waals surface area contributed by atoms with Gasteiger partial charge in [-0.15, -0.1) is 11.3 Å². The van der Waals surface area contributed by atoms with Crippen LogP contribution in [-0.2, 0) is 6.54 Å². The number of nitrogens with zero attached hydrogens (tertiary/aromatic N) is 3. The number of nitrogens with one attached hydrogen (secondary N) is 1. The molecule has 0 saturated carbocycles. The molecule has 1 N–H and O–H groups in total. The number of rotatable bonds is 3. The van der Waals surface area contributed by atoms with Crippen LogP contribution in [0.1, 0.15) is 24.6 Å². The predicted molar refractivity (Wildman–Crippen MR) is 76.3 cm³/mol. The monoisotopic (exact) mass is 266 g/mol. The number of piperazine rings is 1. The molecule has 2 aliphatic rings. The van der Waals surface area contributed by atoms with Crippen molar-refractivity contribution in [3.8, 4) is 0 Å². The van der Waals surface area contributed by atoms with E-state index in [9.17, 15) is 0 Å². The zero-order chi connectivity index (χ0) is 12.5. The lowest BCUT2D eigenvalue weighted by molar-refractivity contribution is 0.203. The summed E-state index contributed by atoms with van der Waals surface area (Å²) in [6.45, 7) is 6.91. The largest absolute Gasteiger partial charge is 0.343 e. The minimum absolute atomic E-state index is 0.591. The van der Waals surface area contributed by atoms with Gasteiger partial charge in [-0.05, 0) is 33.4 Å². The summed E-state index contributed by atoms with van der Waals surface area (Å²) in [6, 6.07) is 1.35. The highest BCUT2D eigenvalue weighted by molar-refractivity contribution is 7.15. The third kappa shape index (κ3) is 2.27. The number of thiazole rings is 1. The van der Waals surface area contributed by atoms with Gasteiger partial charge in [0.05, 0.1) is 0 Å². The van der Waals surface area contributed by atoms with E-state index < -0.39 is 0 Å². The molecule has 0 bridgehead atoms. The van der Waals surface area contributed by atoms with Gasteiger partial charge < -0.3 is 10.2 Å². The molecular weight excluding hydrogens is 244 g/mol. The Morgan fingerprint density at radius 1 is 1.50 bits per heavy atom. The number of hydrogen-bond donors (Lipinski definition) is 1. The van der Waals surface area contributed by atoms with Crippen molar-refractivity contribution in [1.82, 2.24) is 15.2 Å². The molecule has 3 heterocycles. The van der Waals surface area contributed by atoms with Crippen molar-refractivity contribution in [1.29, 1.82) is 0 Å². The molecule has 0 radical (unpaired) electrons. The summed E-state index contributed by atoms with van der Waals surface area (Å²) in [5.41, 5.74) is 0. The average Bonchev–Trinajstić information content (AvgIpc) is 2.96. The fourth-order valence-corrected chi connectivity index (χ4v) is 4.17. The second kappa shape index (κ2) is 5.15. The van der Waals surface area contributed by atoms with Crippen molar-refractivity contribution in [2.45, 2.75) is 38.4 Å². The van der Waals surface area contributed by atoms with Crippen LogP contribution in [0.2, 0.25) is 0 Å². The van der Waals surface area contributed by atoms with Gasteiger partial charge in [0.25, 0.3) is 0 Å². The number of aromatic nitrogens is 1. The Morgan fingerprint density at radius 2 is 2.39 bits per heavy atom. The lowest BCUT2D eigenvalue weighted by Crippen LogP contribution is -2.55. The van der Waals surface area contributed by atoms with Gasteiger partial charge in [0.2, 0.25) is 0 Å². The molecule has 1 aromatic heterocycles. The molecule has 2 aliphatic heterocycles. The summed E-state index contributed by atoms with van der Waals surface area (Å²) in [5, 5.41) is 4.40. The second-order valence-corrected chi connectivity index (χ2v) is 6.53. The van der Waals surface area contributed by atoms with Crippen molar-refractivity contribution in [3.05, 3.63) is 11.1 Å². The maximum Gasteiger partial charge on any atom is 0.185 e. The van der Waals surface area contributed by atoms with E-state index in [4.69, 9.17) is 0 Å². The van der Waals surface area contributed by atoms with E-state index in [1.54, 1.807) is 0 Å². The molecular formula is C13H22N4S. The minimum Gasteiger partial charge on any atom is -0.343 e. The van der Waals surface area contributed by atoms with Crippen LogP contribution in [0.5, 0.6) is 0 Å². The van der Waals surface area contributed by atoms with Gasteiger partial charge in [-0.3, -0.25) is 4.90 Å². The van der Waals surface area contributed by atoms with E-state index in [0.29, 0.717) is 6.04 Å². The van der Waals surface area contributed by atoms with Crippen LogP contribution in [-0.4, -0.2) is 48.6 Å². The molecule has 5 heteroatoms. The quantitative estimate of drug-likeness (QED) is 0.899. The zero-order valence-corrected chi connectivity index (χ0v) is 12.0. The Bertz CT molecular complexity index is 405. The molecule has 2 fully saturated rings. The molecule has 0 spiro atoms. The van der Waals surface area contributed by atoms with Crippen molar-refractivity contribution < 1.29 is 0 Å². The van der Waals surface area contributed by atoms with E-state index in [-0.39, 0.29) is 0 Å². The Morgan fingerprint density at radius 3 is 3.22 bits per heavy atom. The Kier molecular flexibility index (Phi) is 3.54. The fraction of sp³-hybridized carbons (Fsp3) is 0.769.